The molecular formula is C19H24N6O4S. The molecule has 2 N–H and O–H groups in total. The van der Waals surface area contributed by atoms with Gasteiger partial charge in [0.25, 0.3) is 0 Å². The van der Waals surface area contributed by atoms with Gasteiger partial charge in [0.1, 0.15) is 22.6 Å². The summed E-state index contributed by atoms with van der Waals surface area (Å²) in [4.78, 5) is 13.7. The van der Waals surface area contributed by atoms with Crippen molar-refractivity contribution >= 4 is 27.5 Å². The fraction of sp³-hybridized carbons (Fsp3) is 0.474. The first kappa shape index (κ1) is 23.1. The van der Waals surface area contributed by atoms with Crippen molar-refractivity contribution in [3.8, 4) is 12.1 Å². The number of hydrazone groups is 1. The Kier molecular flexibility index (Phi) is 7.38. The third-order valence-electron chi connectivity index (χ3n) is 4.15. The maximum Gasteiger partial charge on any atom is 0.410 e. The van der Waals surface area contributed by atoms with Crippen molar-refractivity contribution in [2.75, 3.05) is 18.5 Å². The van der Waals surface area contributed by atoms with Crippen LogP contribution >= 0.6 is 0 Å². The zero-order valence-electron chi connectivity index (χ0n) is 17.0. The number of carbonyl (C=O) groups excluding carboxylic acids is 1. The van der Waals surface area contributed by atoms with Crippen LogP contribution in [0, 0.1) is 22.7 Å². The molecule has 2 rings (SSSR count). The van der Waals surface area contributed by atoms with Crippen LogP contribution in [0.2, 0.25) is 0 Å². The largest absolute Gasteiger partial charge is 0.444 e. The molecule has 1 aliphatic heterocycles. The molecule has 0 aliphatic carbocycles. The summed E-state index contributed by atoms with van der Waals surface area (Å²) in [7, 11) is -3.90. The average Bonchev–Trinajstić information content (AvgIpc) is 2.68. The van der Waals surface area contributed by atoms with E-state index in [0.717, 1.165) is 0 Å². The number of hydrogen-bond acceptors (Lipinski definition) is 8. The molecule has 1 saturated heterocycles. The molecular weight excluding hydrogens is 408 g/mol. The van der Waals surface area contributed by atoms with E-state index in [1.165, 1.54) is 12.1 Å². The van der Waals surface area contributed by atoms with Gasteiger partial charge in [0, 0.05) is 19.1 Å². The Balaban J connectivity index is 2.05. The molecule has 10 nitrogen and oxygen atoms in total. The summed E-state index contributed by atoms with van der Waals surface area (Å²) in [6.45, 7) is 6.12. The van der Waals surface area contributed by atoms with Crippen molar-refractivity contribution in [1.82, 2.24) is 9.62 Å². The molecule has 1 heterocycles. The third kappa shape index (κ3) is 6.44. The number of anilines is 1. The zero-order chi connectivity index (χ0) is 22.4. The quantitative estimate of drug-likeness (QED) is 0.535. The van der Waals surface area contributed by atoms with Gasteiger partial charge in [-0.15, -0.1) is 0 Å². The number of sulfonamides is 1. The van der Waals surface area contributed by atoms with Crippen LogP contribution in [0.15, 0.2) is 34.3 Å². The van der Waals surface area contributed by atoms with E-state index in [9.17, 15) is 13.2 Å². The lowest BCUT2D eigenvalue weighted by molar-refractivity contribution is 0.0203. The molecule has 0 bridgehead atoms. The van der Waals surface area contributed by atoms with Crippen LogP contribution in [0.25, 0.3) is 0 Å². The summed E-state index contributed by atoms with van der Waals surface area (Å²) in [6, 6.07) is 8.88. The van der Waals surface area contributed by atoms with Crippen LogP contribution in [0.3, 0.4) is 0 Å². The summed E-state index contributed by atoms with van der Waals surface area (Å²) in [5.41, 5.74) is 1.58. The van der Waals surface area contributed by atoms with Crippen molar-refractivity contribution in [2.45, 2.75) is 50.2 Å². The molecule has 0 atom stereocenters. The number of nitriles is 2. The number of benzene rings is 1. The number of likely N-dealkylation sites (tertiary alicyclic amines) is 1. The monoisotopic (exact) mass is 432 g/mol. The van der Waals surface area contributed by atoms with Crippen molar-refractivity contribution in [2.24, 2.45) is 5.10 Å². The molecule has 1 aromatic carbocycles. The molecule has 1 fully saturated rings. The van der Waals surface area contributed by atoms with E-state index in [0.29, 0.717) is 25.9 Å². The second-order valence-electron chi connectivity index (χ2n) is 7.65. The lowest BCUT2D eigenvalue weighted by Crippen LogP contribution is -2.47. The highest BCUT2D eigenvalue weighted by atomic mass is 32.2. The van der Waals surface area contributed by atoms with E-state index in [4.69, 9.17) is 15.3 Å². The number of hydrogen-bond donors (Lipinski definition) is 2. The predicted octanol–water partition coefficient (Wildman–Crippen LogP) is 2.18. The maximum absolute atomic E-state index is 12.9. The Morgan fingerprint density at radius 2 is 1.80 bits per heavy atom. The Bertz CT molecular complexity index is 977. The lowest BCUT2D eigenvalue weighted by atomic mass is 10.1. The highest BCUT2D eigenvalue weighted by Crippen LogP contribution is 2.23. The van der Waals surface area contributed by atoms with Gasteiger partial charge in [-0.3, -0.25) is 5.43 Å². The fourth-order valence-electron chi connectivity index (χ4n) is 2.77. The van der Waals surface area contributed by atoms with Crippen molar-refractivity contribution < 1.29 is 17.9 Å². The summed E-state index contributed by atoms with van der Waals surface area (Å²) in [5, 5.41) is 21.1. The van der Waals surface area contributed by atoms with E-state index in [1.807, 2.05) is 0 Å². The first-order valence-corrected chi connectivity index (χ1v) is 10.8. The molecule has 0 saturated carbocycles. The Hall–Kier alpha value is -3.15. The van der Waals surface area contributed by atoms with Crippen LogP contribution in [-0.4, -0.2) is 49.9 Å². The number of piperidine rings is 1. The second-order valence-corrected chi connectivity index (χ2v) is 9.34. The SMILES string of the molecule is CC(C)(C)OC(=O)N1CCC(NS(=O)(=O)c2ccccc2NN=C(C#N)C#N)CC1. The van der Waals surface area contributed by atoms with Gasteiger partial charge in [0.2, 0.25) is 15.7 Å². The van der Waals surface area contributed by atoms with Crippen molar-refractivity contribution in [1.29, 1.82) is 10.5 Å². The number of nitrogens with zero attached hydrogens (tertiary/aromatic N) is 4. The first-order chi connectivity index (χ1) is 14.1. The van der Waals surface area contributed by atoms with Crippen LogP contribution < -0.4 is 10.1 Å². The van der Waals surface area contributed by atoms with Crippen LogP contribution in [0.4, 0.5) is 10.5 Å². The van der Waals surface area contributed by atoms with E-state index < -0.39 is 27.4 Å². The lowest BCUT2D eigenvalue weighted by Gasteiger charge is -2.33. The summed E-state index contributed by atoms with van der Waals surface area (Å²) < 4.78 is 33.7. The van der Waals surface area contributed by atoms with Gasteiger partial charge in [-0.25, -0.2) is 17.9 Å². The van der Waals surface area contributed by atoms with Crippen LogP contribution in [-0.2, 0) is 14.8 Å². The zero-order valence-corrected chi connectivity index (χ0v) is 17.9. The van der Waals surface area contributed by atoms with Crippen LogP contribution in [0.1, 0.15) is 33.6 Å². The minimum absolute atomic E-state index is 0.0569. The Morgan fingerprint density at radius 3 is 2.37 bits per heavy atom. The molecule has 11 heteroatoms. The average molecular weight is 433 g/mol. The smallest absolute Gasteiger partial charge is 0.410 e. The fourth-order valence-corrected chi connectivity index (χ4v) is 4.24. The van der Waals surface area contributed by atoms with Gasteiger partial charge in [-0.2, -0.15) is 15.6 Å². The minimum Gasteiger partial charge on any atom is -0.444 e. The normalized spacial score (nSPS) is 14.9. The molecule has 1 amide bonds. The maximum atomic E-state index is 12.9. The molecule has 0 unspecified atom stereocenters. The summed E-state index contributed by atoms with van der Waals surface area (Å²) in [5.74, 6) is 0. The molecule has 1 aliphatic rings. The van der Waals surface area contributed by atoms with Gasteiger partial charge in [0.15, 0.2) is 0 Å². The summed E-state index contributed by atoms with van der Waals surface area (Å²) >= 11 is 0. The molecule has 1 aromatic rings. The number of carbonyl (C=O) groups is 1. The van der Waals surface area contributed by atoms with Gasteiger partial charge >= 0.3 is 6.09 Å². The predicted molar refractivity (Wildman–Crippen MR) is 110 cm³/mol. The summed E-state index contributed by atoms with van der Waals surface area (Å²) in [6.07, 6.45) is 0.473. The number of rotatable bonds is 5. The Morgan fingerprint density at radius 1 is 1.20 bits per heavy atom. The van der Waals surface area contributed by atoms with E-state index in [-0.39, 0.29) is 16.6 Å². The van der Waals surface area contributed by atoms with E-state index >= 15 is 0 Å². The van der Waals surface area contributed by atoms with Crippen LogP contribution in [0.5, 0.6) is 0 Å². The van der Waals surface area contributed by atoms with E-state index in [1.54, 1.807) is 49.9 Å². The second kappa shape index (κ2) is 9.57. The Labute approximate surface area is 176 Å². The first-order valence-electron chi connectivity index (χ1n) is 9.29. The number of ether oxygens (including phenoxy) is 1. The molecule has 0 spiro atoms. The number of para-hydroxylation sites is 1. The molecule has 30 heavy (non-hydrogen) atoms. The number of nitrogens with one attached hydrogen (secondary N) is 2. The van der Waals surface area contributed by atoms with Gasteiger partial charge in [0.05, 0.1) is 5.69 Å². The highest BCUT2D eigenvalue weighted by molar-refractivity contribution is 7.89. The molecule has 0 aromatic heterocycles. The highest BCUT2D eigenvalue weighted by Gasteiger charge is 2.30. The van der Waals surface area contributed by atoms with Gasteiger partial charge in [-0.1, -0.05) is 12.1 Å². The van der Waals surface area contributed by atoms with Crippen molar-refractivity contribution in [3.63, 3.8) is 0 Å². The van der Waals surface area contributed by atoms with E-state index in [2.05, 4.69) is 15.2 Å². The van der Waals surface area contributed by atoms with Gasteiger partial charge < -0.3 is 9.64 Å². The minimum atomic E-state index is -3.90. The topological polar surface area (TPSA) is 148 Å². The molecule has 0 radical (unpaired) electrons. The molecule has 160 valence electrons. The van der Waals surface area contributed by atoms with Gasteiger partial charge in [-0.05, 0) is 45.7 Å². The standard InChI is InChI=1S/C19H24N6O4S/c1-19(2,3)29-18(26)25-10-8-14(9-11-25)24-30(27,28)17-7-5-4-6-16(17)23-22-15(12-20)13-21/h4-7,14,23-24H,8-11H2,1-3H3. The van der Waals surface area contributed by atoms with Crippen molar-refractivity contribution in [3.05, 3.63) is 24.3 Å². The third-order valence-corrected chi connectivity index (χ3v) is 5.72. The number of amides is 1.